The number of benzene rings is 1. The van der Waals surface area contributed by atoms with Gasteiger partial charge in [-0.05, 0) is 40.5 Å². The van der Waals surface area contributed by atoms with Crippen LogP contribution >= 0.6 is 15.9 Å². The molecular formula is C11H13BrN2O3. The fourth-order valence-electron chi connectivity index (χ4n) is 1.16. The first-order valence-electron chi connectivity index (χ1n) is 5.05. The number of amides is 1. The molecule has 1 aromatic carbocycles. The van der Waals surface area contributed by atoms with Crippen molar-refractivity contribution < 1.29 is 14.7 Å². The minimum Gasteiger partial charge on any atom is -0.478 e. The first kappa shape index (κ1) is 13.7. The average Bonchev–Trinajstić information content (AvgIpc) is 2.30. The monoisotopic (exact) mass is 300 g/mol. The predicted molar refractivity (Wildman–Crippen MR) is 68.0 cm³/mol. The summed E-state index contributed by atoms with van der Waals surface area (Å²) in [5, 5.41) is 11.4. The van der Waals surface area contributed by atoms with E-state index in [9.17, 15) is 9.59 Å². The van der Waals surface area contributed by atoms with Gasteiger partial charge in [0.25, 0.3) is 0 Å². The number of carbonyl (C=O) groups is 2. The van der Waals surface area contributed by atoms with Gasteiger partial charge in [-0.3, -0.25) is 4.79 Å². The Hall–Kier alpha value is -1.40. The molecule has 1 amide bonds. The Bertz CT molecular complexity index is 448. The highest BCUT2D eigenvalue weighted by molar-refractivity contribution is 9.10. The summed E-state index contributed by atoms with van der Waals surface area (Å²) < 4.78 is 0.610. The van der Waals surface area contributed by atoms with Crippen molar-refractivity contribution in [1.29, 1.82) is 0 Å². The summed E-state index contributed by atoms with van der Waals surface area (Å²) in [5.41, 5.74) is 6.08. The molecule has 1 rings (SSSR count). The molecule has 0 aliphatic heterocycles. The van der Waals surface area contributed by atoms with Crippen LogP contribution in [0.1, 0.15) is 23.7 Å². The molecule has 0 aromatic heterocycles. The van der Waals surface area contributed by atoms with E-state index in [1.807, 2.05) is 0 Å². The van der Waals surface area contributed by atoms with Crippen molar-refractivity contribution in [2.24, 2.45) is 5.73 Å². The van der Waals surface area contributed by atoms with Gasteiger partial charge in [0.2, 0.25) is 5.91 Å². The van der Waals surface area contributed by atoms with Crippen molar-refractivity contribution in [2.75, 3.05) is 5.32 Å². The minimum absolute atomic E-state index is 0.105. The van der Waals surface area contributed by atoms with Gasteiger partial charge in [-0.15, -0.1) is 0 Å². The third-order valence-electron chi connectivity index (χ3n) is 2.25. The lowest BCUT2D eigenvalue weighted by molar-refractivity contribution is -0.117. The SMILES string of the molecule is CC[C@@H](N)C(=O)Nc1cc(C(=O)O)ccc1Br. The van der Waals surface area contributed by atoms with E-state index >= 15 is 0 Å². The molecule has 0 heterocycles. The number of aromatic carboxylic acids is 1. The van der Waals surface area contributed by atoms with E-state index in [-0.39, 0.29) is 11.5 Å². The molecule has 6 heteroatoms. The highest BCUT2D eigenvalue weighted by atomic mass is 79.9. The van der Waals surface area contributed by atoms with Crippen LogP contribution in [0.5, 0.6) is 0 Å². The summed E-state index contributed by atoms with van der Waals surface area (Å²) in [6, 6.07) is 3.79. The molecule has 4 N–H and O–H groups in total. The third kappa shape index (κ3) is 3.54. The Morgan fingerprint density at radius 2 is 2.18 bits per heavy atom. The van der Waals surface area contributed by atoms with Gasteiger partial charge < -0.3 is 16.2 Å². The number of carboxylic acids is 1. The van der Waals surface area contributed by atoms with Gasteiger partial charge in [0.05, 0.1) is 17.3 Å². The van der Waals surface area contributed by atoms with Crippen LogP contribution in [0.2, 0.25) is 0 Å². The lowest BCUT2D eigenvalue weighted by Gasteiger charge is -2.11. The fourth-order valence-corrected chi connectivity index (χ4v) is 1.51. The number of rotatable bonds is 4. The lowest BCUT2D eigenvalue weighted by Crippen LogP contribution is -2.34. The molecule has 1 aromatic rings. The molecule has 0 aliphatic carbocycles. The van der Waals surface area contributed by atoms with Crippen LogP contribution in [-0.4, -0.2) is 23.0 Å². The van der Waals surface area contributed by atoms with Crippen molar-refractivity contribution in [3.63, 3.8) is 0 Å². The van der Waals surface area contributed by atoms with E-state index in [1.165, 1.54) is 12.1 Å². The van der Waals surface area contributed by atoms with E-state index in [1.54, 1.807) is 13.0 Å². The molecule has 1 atom stereocenters. The summed E-state index contributed by atoms with van der Waals surface area (Å²) in [6.07, 6.45) is 0.516. The van der Waals surface area contributed by atoms with E-state index in [0.29, 0.717) is 16.6 Å². The number of hydrogen-bond donors (Lipinski definition) is 3. The second kappa shape index (κ2) is 5.79. The van der Waals surface area contributed by atoms with Crippen LogP contribution in [0.15, 0.2) is 22.7 Å². The van der Waals surface area contributed by atoms with Gasteiger partial charge >= 0.3 is 5.97 Å². The topological polar surface area (TPSA) is 92.4 Å². The van der Waals surface area contributed by atoms with Crippen molar-refractivity contribution in [1.82, 2.24) is 0 Å². The number of carboxylic acid groups (broad SMARTS) is 1. The summed E-state index contributed by atoms with van der Waals surface area (Å²) in [5.74, 6) is -1.39. The molecule has 0 radical (unpaired) electrons. The Morgan fingerprint density at radius 1 is 1.53 bits per heavy atom. The molecule has 0 spiro atoms. The van der Waals surface area contributed by atoms with Crippen molar-refractivity contribution in [3.8, 4) is 0 Å². The maximum atomic E-state index is 11.6. The zero-order chi connectivity index (χ0) is 13.0. The largest absolute Gasteiger partial charge is 0.478 e. The van der Waals surface area contributed by atoms with Gasteiger partial charge in [-0.1, -0.05) is 6.92 Å². The molecule has 0 unspecified atom stereocenters. The van der Waals surface area contributed by atoms with Gasteiger partial charge in [-0.25, -0.2) is 4.79 Å². The zero-order valence-corrected chi connectivity index (χ0v) is 10.8. The molecule has 0 saturated carbocycles. The van der Waals surface area contributed by atoms with E-state index in [0.717, 1.165) is 0 Å². The summed E-state index contributed by atoms with van der Waals surface area (Å²) in [4.78, 5) is 22.4. The number of nitrogens with two attached hydrogens (primary N) is 1. The molecule has 0 fully saturated rings. The number of hydrogen-bond acceptors (Lipinski definition) is 3. The third-order valence-corrected chi connectivity index (χ3v) is 2.94. The summed E-state index contributed by atoms with van der Waals surface area (Å²) >= 11 is 3.23. The molecule has 92 valence electrons. The van der Waals surface area contributed by atoms with Crippen LogP contribution in [0.4, 0.5) is 5.69 Å². The normalized spacial score (nSPS) is 11.9. The molecule has 5 nitrogen and oxygen atoms in total. The highest BCUT2D eigenvalue weighted by Gasteiger charge is 2.14. The Kier molecular flexibility index (Phi) is 4.65. The average molecular weight is 301 g/mol. The van der Waals surface area contributed by atoms with Crippen LogP contribution in [0.3, 0.4) is 0 Å². The predicted octanol–water partition coefficient (Wildman–Crippen LogP) is 1.82. The number of nitrogens with one attached hydrogen (secondary N) is 1. The second-order valence-electron chi connectivity index (χ2n) is 3.50. The maximum Gasteiger partial charge on any atom is 0.335 e. The molecular weight excluding hydrogens is 288 g/mol. The fraction of sp³-hybridized carbons (Fsp3) is 0.273. The smallest absolute Gasteiger partial charge is 0.335 e. The lowest BCUT2D eigenvalue weighted by atomic mass is 10.2. The summed E-state index contributed by atoms with van der Waals surface area (Å²) in [7, 11) is 0. The van der Waals surface area contributed by atoms with Crippen LogP contribution in [0.25, 0.3) is 0 Å². The molecule has 0 bridgehead atoms. The number of halogens is 1. The summed E-state index contributed by atoms with van der Waals surface area (Å²) in [6.45, 7) is 1.80. The Labute approximate surface area is 107 Å². The zero-order valence-electron chi connectivity index (χ0n) is 9.24. The maximum absolute atomic E-state index is 11.6. The Morgan fingerprint density at radius 3 is 2.71 bits per heavy atom. The van der Waals surface area contributed by atoms with Gasteiger partial charge in [0.15, 0.2) is 0 Å². The van der Waals surface area contributed by atoms with Crippen molar-refractivity contribution >= 4 is 33.5 Å². The van der Waals surface area contributed by atoms with Gasteiger partial charge in [0.1, 0.15) is 0 Å². The minimum atomic E-state index is -1.05. The first-order chi connectivity index (χ1) is 7.95. The first-order valence-corrected chi connectivity index (χ1v) is 5.84. The second-order valence-corrected chi connectivity index (χ2v) is 4.36. The van der Waals surface area contributed by atoms with Crippen LogP contribution in [0, 0.1) is 0 Å². The molecule has 0 aliphatic rings. The quantitative estimate of drug-likeness (QED) is 0.791. The Balaban J connectivity index is 2.94. The standard InChI is InChI=1S/C11H13BrN2O3/c1-2-8(13)10(15)14-9-5-6(11(16)17)3-4-7(9)12/h3-5,8H,2,13H2,1H3,(H,14,15)(H,16,17)/t8-/m1/s1. The molecule has 17 heavy (non-hydrogen) atoms. The van der Waals surface area contributed by atoms with E-state index in [4.69, 9.17) is 10.8 Å². The number of anilines is 1. The van der Waals surface area contributed by atoms with Gasteiger partial charge in [0, 0.05) is 4.47 Å². The van der Waals surface area contributed by atoms with Gasteiger partial charge in [-0.2, -0.15) is 0 Å². The highest BCUT2D eigenvalue weighted by Crippen LogP contribution is 2.23. The van der Waals surface area contributed by atoms with Crippen LogP contribution < -0.4 is 11.1 Å². The van der Waals surface area contributed by atoms with Crippen molar-refractivity contribution in [3.05, 3.63) is 28.2 Å². The van der Waals surface area contributed by atoms with Crippen molar-refractivity contribution in [2.45, 2.75) is 19.4 Å². The number of carbonyl (C=O) groups excluding carboxylic acids is 1. The van der Waals surface area contributed by atoms with E-state index in [2.05, 4.69) is 21.2 Å². The molecule has 0 saturated heterocycles. The van der Waals surface area contributed by atoms with Crippen LogP contribution in [-0.2, 0) is 4.79 Å². The van der Waals surface area contributed by atoms with E-state index < -0.39 is 12.0 Å².